The van der Waals surface area contributed by atoms with Crippen LogP contribution in [-0.2, 0) is 0 Å². The molecule has 1 aromatic heterocycles. The number of hydrogen-bond acceptors (Lipinski definition) is 5. The van der Waals surface area contributed by atoms with Crippen LogP contribution in [0.3, 0.4) is 0 Å². The van der Waals surface area contributed by atoms with Crippen LogP contribution in [0.2, 0.25) is 0 Å². The number of fused-ring (bicyclic) bond motifs is 3. The van der Waals surface area contributed by atoms with Crippen LogP contribution in [0.4, 0.5) is 5.69 Å². The summed E-state index contributed by atoms with van der Waals surface area (Å²) in [5.74, 6) is -0.318. The molecule has 0 unspecified atom stereocenters. The highest BCUT2D eigenvalue weighted by molar-refractivity contribution is 6.10. The van der Waals surface area contributed by atoms with Crippen LogP contribution in [0.15, 0.2) is 42.8 Å². The molecule has 0 aliphatic carbocycles. The minimum atomic E-state index is -0.318. The molecule has 5 heteroatoms. The Kier molecular flexibility index (Phi) is 2.45. The van der Waals surface area contributed by atoms with Crippen LogP contribution in [0.1, 0.15) is 5.69 Å². The summed E-state index contributed by atoms with van der Waals surface area (Å²) in [5.41, 5.74) is 6.70. The Bertz CT molecular complexity index is 812. The highest BCUT2D eigenvalue weighted by Gasteiger charge is 2.10. The van der Waals surface area contributed by atoms with Gasteiger partial charge < -0.3 is 15.9 Å². The third-order valence-corrected chi connectivity index (χ3v) is 3.05. The van der Waals surface area contributed by atoms with Gasteiger partial charge in [-0.25, -0.2) is 0 Å². The molecule has 3 rings (SSSR count). The lowest BCUT2D eigenvalue weighted by Gasteiger charge is -2.07. The van der Waals surface area contributed by atoms with Crippen molar-refractivity contribution in [2.24, 2.45) is 0 Å². The van der Waals surface area contributed by atoms with E-state index < -0.39 is 0 Å². The summed E-state index contributed by atoms with van der Waals surface area (Å²) in [6.45, 7) is 0. The Labute approximate surface area is 108 Å². The van der Waals surface area contributed by atoms with E-state index in [2.05, 4.69) is 10.2 Å². The van der Waals surface area contributed by atoms with Crippen LogP contribution >= 0.6 is 0 Å². The fourth-order valence-corrected chi connectivity index (χ4v) is 2.15. The molecule has 4 N–H and O–H groups in total. The molecule has 0 aliphatic heterocycles. The number of rotatable bonds is 1. The van der Waals surface area contributed by atoms with E-state index in [1.165, 1.54) is 0 Å². The van der Waals surface area contributed by atoms with Crippen molar-refractivity contribution in [3.8, 4) is 0 Å². The summed E-state index contributed by atoms with van der Waals surface area (Å²) in [7, 11) is 0. The first-order valence-electron chi connectivity index (χ1n) is 5.68. The second-order valence-electron chi connectivity index (χ2n) is 4.21. The summed E-state index contributed by atoms with van der Waals surface area (Å²) in [5, 5.41) is 29.7. The number of hydrogen-bond donors (Lipinski definition) is 3. The van der Waals surface area contributed by atoms with Crippen LogP contribution in [0, 0.1) is 0 Å². The molecule has 0 atom stereocenters. The normalized spacial score (nSPS) is 12.1. The van der Waals surface area contributed by atoms with Gasteiger partial charge in [0.15, 0.2) is 5.76 Å². The maximum Gasteiger partial charge on any atom is 0.178 e. The van der Waals surface area contributed by atoms with Gasteiger partial charge in [0, 0.05) is 16.5 Å². The fourth-order valence-electron chi connectivity index (χ4n) is 2.15. The van der Waals surface area contributed by atoms with Crippen molar-refractivity contribution in [2.45, 2.75) is 0 Å². The SMILES string of the molecule is Nc1ccc2ccc3c(C(O)=CO)nncc3c2c1. The molecule has 1 heterocycles. The van der Waals surface area contributed by atoms with Gasteiger partial charge in [-0.3, -0.25) is 0 Å². The number of nitrogen functional groups attached to an aromatic ring is 1. The van der Waals surface area contributed by atoms with E-state index in [0.717, 1.165) is 16.2 Å². The topological polar surface area (TPSA) is 92.3 Å². The van der Waals surface area contributed by atoms with Crippen LogP contribution in [-0.4, -0.2) is 20.4 Å². The first kappa shape index (κ1) is 11.3. The van der Waals surface area contributed by atoms with Gasteiger partial charge in [0.2, 0.25) is 0 Å². The molecule has 0 bridgehead atoms. The number of aliphatic hydroxyl groups is 2. The number of nitrogens with two attached hydrogens (primary N) is 1. The predicted octanol–water partition coefficient (Wildman–Crippen LogP) is 2.78. The molecule has 0 radical (unpaired) electrons. The molecule has 2 aromatic carbocycles. The minimum Gasteiger partial charge on any atom is -0.512 e. The zero-order chi connectivity index (χ0) is 13.4. The maximum atomic E-state index is 9.64. The number of anilines is 1. The zero-order valence-corrected chi connectivity index (χ0v) is 9.91. The van der Waals surface area contributed by atoms with Crippen molar-refractivity contribution >= 4 is 33.0 Å². The van der Waals surface area contributed by atoms with E-state index in [1.807, 2.05) is 30.3 Å². The summed E-state index contributed by atoms with van der Waals surface area (Å²) < 4.78 is 0. The van der Waals surface area contributed by atoms with Crippen LogP contribution in [0.25, 0.3) is 27.3 Å². The first-order chi connectivity index (χ1) is 9.20. The lowest BCUT2D eigenvalue weighted by Crippen LogP contribution is -1.94. The number of nitrogens with zero attached hydrogens (tertiary/aromatic N) is 2. The van der Waals surface area contributed by atoms with E-state index in [4.69, 9.17) is 10.8 Å². The lowest BCUT2D eigenvalue weighted by atomic mass is 10.0. The zero-order valence-electron chi connectivity index (χ0n) is 9.91. The van der Waals surface area contributed by atoms with Crippen molar-refractivity contribution in [3.63, 3.8) is 0 Å². The van der Waals surface area contributed by atoms with Gasteiger partial charge in [-0.15, -0.1) is 5.10 Å². The van der Waals surface area contributed by atoms with Gasteiger partial charge in [0.1, 0.15) is 12.0 Å². The van der Waals surface area contributed by atoms with Crippen LogP contribution < -0.4 is 5.73 Å². The monoisotopic (exact) mass is 253 g/mol. The van der Waals surface area contributed by atoms with E-state index in [0.29, 0.717) is 17.3 Å². The molecule has 0 fully saturated rings. The molecule has 0 aliphatic rings. The highest BCUT2D eigenvalue weighted by Crippen LogP contribution is 2.29. The van der Waals surface area contributed by atoms with Gasteiger partial charge in [-0.05, 0) is 22.9 Å². The van der Waals surface area contributed by atoms with E-state index in [1.54, 1.807) is 6.20 Å². The molecule has 3 aromatic rings. The number of aromatic nitrogens is 2. The Morgan fingerprint density at radius 2 is 1.89 bits per heavy atom. The summed E-state index contributed by atoms with van der Waals surface area (Å²) in [4.78, 5) is 0. The number of aliphatic hydroxyl groups excluding tert-OH is 2. The largest absolute Gasteiger partial charge is 0.512 e. The molecule has 0 saturated heterocycles. The summed E-state index contributed by atoms with van der Waals surface area (Å²) in [6, 6.07) is 9.34. The molecule has 19 heavy (non-hydrogen) atoms. The third kappa shape index (κ3) is 1.72. The van der Waals surface area contributed by atoms with Gasteiger partial charge >= 0.3 is 0 Å². The van der Waals surface area contributed by atoms with Gasteiger partial charge in [0.05, 0.1) is 6.20 Å². The average Bonchev–Trinajstić information content (AvgIpc) is 2.45. The molecule has 0 saturated carbocycles. The smallest absolute Gasteiger partial charge is 0.178 e. The van der Waals surface area contributed by atoms with E-state index in [-0.39, 0.29) is 11.5 Å². The van der Waals surface area contributed by atoms with Crippen molar-refractivity contribution in [1.29, 1.82) is 0 Å². The lowest BCUT2D eigenvalue weighted by molar-refractivity contribution is 0.430. The quantitative estimate of drug-likeness (QED) is 0.352. The minimum absolute atomic E-state index is 0.240. The van der Waals surface area contributed by atoms with E-state index >= 15 is 0 Å². The van der Waals surface area contributed by atoms with Crippen molar-refractivity contribution < 1.29 is 10.2 Å². The molecule has 0 amide bonds. The standard InChI is InChI=1S/C14H11N3O2/c15-9-3-1-8-2-4-10-12(11(8)5-9)6-16-17-14(10)13(19)7-18/h1-7,18-19H,15H2. The van der Waals surface area contributed by atoms with Crippen molar-refractivity contribution in [1.82, 2.24) is 10.2 Å². The van der Waals surface area contributed by atoms with Gasteiger partial charge in [-0.1, -0.05) is 18.2 Å². The maximum absolute atomic E-state index is 9.64. The summed E-state index contributed by atoms with van der Waals surface area (Å²) >= 11 is 0. The molecular weight excluding hydrogens is 242 g/mol. The average molecular weight is 253 g/mol. The molecule has 94 valence electrons. The predicted molar refractivity (Wildman–Crippen MR) is 74.7 cm³/mol. The van der Waals surface area contributed by atoms with Crippen molar-refractivity contribution in [2.75, 3.05) is 5.73 Å². The van der Waals surface area contributed by atoms with Crippen molar-refractivity contribution in [3.05, 3.63) is 48.5 Å². The Morgan fingerprint density at radius 1 is 1.11 bits per heavy atom. The number of benzene rings is 2. The third-order valence-electron chi connectivity index (χ3n) is 3.05. The second-order valence-corrected chi connectivity index (χ2v) is 4.21. The fraction of sp³-hybridized carbons (Fsp3) is 0. The van der Waals surface area contributed by atoms with Crippen LogP contribution in [0.5, 0.6) is 0 Å². The van der Waals surface area contributed by atoms with Gasteiger partial charge in [0.25, 0.3) is 0 Å². The Hall–Kier alpha value is -2.82. The Balaban J connectivity index is 2.47. The highest BCUT2D eigenvalue weighted by atomic mass is 16.3. The van der Waals surface area contributed by atoms with Gasteiger partial charge in [-0.2, -0.15) is 5.10 Å². The molecular formula is C14H11N3O2. The Morgan fingerprint density at radius 3 is 2.68 bits per heavy atom. The van der Waals surface area contributed by atoms with E-state index in [9.17, 15) is 5.11 Å². The molecule has 5 nitrogen and oxygen atoms in total. The first-order valence-corrected chi connectivity index (χ1v) is 5.68. The summed E-state index contributed by atoms with van der Waals surface area (Å²) in [6.07, 6.45) is 2.22. The second kappa shape index (κ2) is 4.13. The molecule has 0 spiro atoms.